The molecular weight excluding hydrogens is 526 g/mol. The Morgan fingerprint density at radius 3 is 2.12 bits per heavy atom. The van der Waals surface area contributed by atoms with Crippen LogP contribution in [0, 0.1) is 0 Å². The summed E-state index contributed by atoms with van der Waals surface area (Å²) in [6.45, 7) is 4.56. The first-order valence-electron chi connectivity index (χ1n) is 14.2. The molecule has 214 valence electrons. The van der Waals surface area contributed by atoms with E-state index in [0.717, 1.165) is 50.6 Å². The number of benzene rings is 5. The van der Waals surface area contributed by atoms with Gasteiger partial charge in [0.1, 0.15) is 0 Å². The molecule has 0 fully saturated rings. The average molecular weight is 564 g/mol. The quantitative estimate of drug-likeness (QED) is 0.163. The molecule has 1 aliphatic heterocycles. The molecule has 1 unspecified atom stereocenters. The molecule has 0 amide bonds. The van der Waals surface area contributed by atoms with Crippen molar-refractivity contribution in [3.63, 3.8) is 0 Å². The zero-order valence-electron chi connectivity index (χ0n) is 24.3. The molecule has 5 nitrogen and oxygen atoms in total. The standard InChI is InChI=1S/C31H25N3.C6H7N.CH5N/c1-21-26-13-7-5-10-23(26)17-18-34(29-16-15-22-9-6-8-14-27(22)30(21)29)25-19-28(33-20-25)31(32)24-11-3-2-4-12-24;7-6-4-2-1-3-5-6;1-2/h2-20,31,33H,1,32H2;1-5H,7H2;2H2,1H3/b18-17-;;. The van der Waals surface area contributed by atoms with E-state index in [1.807, 2.05) is 54.7 Å². The number of nitrogens with two attached hydrogens (primary N) is 3. The van der Waals surface area contributed by atoms with Crippen molar-refractivity contribution in [2.75, 3.05) is 17.7 Å². The van der Waals surface area contributed by atoms with E-state index in [2.05, 4.69) is 113 Å². The SMILES string of the molecule is C=C1c2ccccc2/C=C\N(c2c[nH]c(C(N)c3ccccc3)c2)c2ccc3ccccc3c21.CN.Nc1ccccc1. The van der Waals surface area contributed by atoms with Crippen molar-refractivity contribution in [1.29, 1.82) is 0 Å². The number of aromatic nitrogens is 1. The summed E-state index contributed by atoms with van der Waals surface area (Å²) < 4.78 is 0. The number of aromatic amines is 1. The number of nitrogens with one attached hydrogen (secondary N) is 1. The lowest BCUT2D eigenvalue weighted by atomic mass is 9.89. The Morgan fingerprint density at radius 2 is 1.40 bits per heavy atom. The number of nitrogen functional groups attached to an aromatic ring is 1. The summed E-state index contributed by atoms with van der Waals surface area (Å²) in [6.07, 6.45) is 6.32. The predicted molar refractivity (Wildman–Crippen MR) is 184 cm³/mol. The van der Waals surface area contributed by atoms with Gasteiger partial charge < -0.3 is 27.1 Å². The minimum atomic E-state index is -0.222. The van der Waals surface area contributed by atoms with E-state index in [9.17, 15) is 0 Å². The first-order valence-corrected chi connectivity index (χ1v) is 14.2. The molecule has 7 rings (SSSR count). The minimum absolute atomic E-state index is 0.222. The van der Waals surface area contributed by atoms with E-state index in [4.69, 9.17) is 11.5 Å². The van der Waals surface area contributed by atoms with Crippen LogP contribution in [0.25, 0.3) is 22.4 Å². The van der Waals surface area contributed by atoms with Crippen LogP contribution in [0.15, 0.2) is 146 Å². The third-order valence-electron chi connectivity index (χ3n) is 7.42. The molecule has 0 spiro atoms. The molecule has 5 heteroatoms. The Bertz CT molecular complexity index is 1840. The van der Waals surface area contributed by atoms with Gasteiger partial charge in [0, 0.05) is 29.3 Å². The second kappa shape index (κ2) is 13.5. The maximum Gasteiger partial charge on any atom is 0.0704 e. The van der Waals surface area contributed by atoms with Crippen molar-refractivity contribution >= 4 is 39.5 Å². The maximum absolute atomic E-state index is 6.59. The third-order valence-corrected chi connectivity index (χ3v) is 7.42. The van der Waals surface area contributed by atoms with E-state index < -0.39 is 0 Å². The summed E-state index contributed by atoms with van der Waals surface area (Å²) in [5.41, 5.74) is 25.9. The molecular formula is C38H37N5. The van der Waals surface area contributed by atoms with Crippen LogP contribution in [0.3, 0.4) is 0 Å². The van der Waals surface area contributed by atoms with Crippen molar-refractivity contribution in [3.05, 3.63) is 174 Å². The van der Waals surface area contributed by atoms with E-state index in [1.54, 1.807) is 0 Å². The lowest BCUT2D eigenvalue weighted by molar-refractivity contribution is 0.839. The maximum atomic E-state index is 6.59. The Labute approximate surface area is 253 Å². The fraction of sp³-hybridized carbons (Fsp3) is 0.0526. The third kappa shape index (κ3) is 6.28. The van der Waals surface area contributed by atoms with Gasteiger partial charge in [-0.2, -0.15) is 0 Å². The number of hydrogen-bond acceptors (Lipinski definition) is 4. The molecule has 0 radical (unpaired) electrons. The van der Waals surface area contributed by atoms with Gasteiger partial charge in [-0.1, -0.05) is 110 Å². The number of nitrogens with zero attached hydrogens (tertiary/aromatic N) is 1. The fourth-order valence-electron chi connectivity index (χ4n) is 5.30. The number of H-pyrrole nitrogens is 1. The van der Waals surface area contributed by atoms with Gasteiger partial charge in [-0.15, -0.1) is 0 Å². The zero-order chi connectivity index (χ0) is 30.2. The summed E-state index contributed by atoms with van der Waals surface area (Å²) >= 11 is 0. The number of para-hydroxylation sites is 1. The van der Waals surface area contributed by atoms with Gasteiger partial charge in [0.15, 0.2) is 0 Å². The van der Waals surface area contributed by atoms with Crippen LogP contribution < -0.4 is 22.1 Å². The summed E-state index contributed by atoms with van der Waals surface area (Å²) in [4.78, 5) is 5.64. The first-order chi connectivity index (χ1) is 21.1. The first kappa shape index (κ1) is 29.1. The molecule has 1 aromatic heterocycles. The fourth-order valence-corrected chi connectivity index (χ4v) is 5.30. The Kier molecular flexibility index (Phi) is 9.17. The van der Waals surface area contributed by atoms with E-state index in [1.165, 1.54) is 17.8 Å². The van der Waals surface area contributed by atoms with Gasteiger partial charge in [-0.05, 0) is 70.4 Å². The van der Waals surface area contributed by atoms with Crippen molar-refractivity contribution in [1.82, 2.24) is 4.98 Å². The molecule has 2 heterocycles. The molecule has 0 aliphatic carbocycles. The van der Waals surface area contributed by atoms with Crippen LogP contribution in [0.1, 0.15) is 34.0 Å². The van der Waals surface area contributed by atoms with Gasteiger partial charge in [-0.3, -0.25) is 0 Å². The summed E-state index contributed by atoms with van der Waals surface area (Å²) in [5, 5.41) is 2.39. The van der Waals surface area contributed by atoms with Crippen LogP contribution in [0.5, 0.6) is 0 Å². The number of hydrogen-bond donors (Lipinski definition) is 4. The molecule has 0 saturated carbocycles. The Morgan fingerprint density at radius 1 is 0.744 bits per heavy atom. The highest BCUT2D eigenvalue weighted by atomic mass is 15.1. The van der Waals surface area contributed by atoms with Crippen LogP contribution in [0.2, 0.25) is 0 Å². The number of rotatable bonds is 3. The van der Waals surface area contributed by atoms with Crippen molar-refractivity contribution in [3.8, 4) is 0 Å². The average Bonchev–Trinajstić information content (AvgIpc) is 3.55. The summed E-state index contributed by atoms with van der Waals surface area (Å²) in [7, 11) is 1.50. The highest BCUT2D eigenvalue weighted by Crippen LogP contribution is 2.42. The van der Waals surface area contributed by atoms with E-state index in [-0.39, 0.29) is 6.04 Å². The van der Waals surface area contributed by atoms with Gasteiger partial charge >= 0.3 is 0 Å². The molecule has 5 aromatic carbocycles. The highest BCUT2D eigenvalue weighted by Gasteiger charge is 2.22. The van der Waals surface area contributed by atoms with Gasteiger partial charge in [0.2, 0.25) is 0 Å². The molecule has 7 N–H and O–H groups in total. The topological polar surface area (TPSA) is 97.1 Å². The highest BCUT2D eigenvalue weighted by molar-refractivity contribution is 6.05. The van der Waals surface area contributed by atoms with E-state index >= 15 is 0 Å². The van der Waals surface area contributed by atoms with Gasteiger partial charge in [-0.25, -0.2) is 0 Å². The lowest BCUT2D eigenvalue weighted by Crippen LogP contribution is -2.13. The largest absolute Gasteiger partial charge is 0.399 e. The van der Waals surface area contributed by atoms with Gasteiger partial charge in [0.25, 0.3) is 0 Å². The second-order valence-corrected chi connectivity index (χ2v) is 10.0. The molecule has 1 aliphatic rings. The van der Waals surface area contributed by atoms with Crippen LogP contribution in [-0.4, -0.2) is 12.0 Å². The number of fused-ring (bicyclic) bond motifs is 4. The second-order valence-electron chi connectivity index (χ2n) is 10.0. The van der Waals surface area contributed by atoms with E-state index in [0.29, 0.717) is 0 Å². The molecule has 43 heavy (non-hydrogen) atoms. The van der Waals surface area contributed by atoms with Crippen LogP contribution >= 0.6 is 0 Å². The van der Waals surface area contributed by atoms with Crippen LogP contribution in [0.4, 0.5) is 17.1 Å². The summed E-state index contributed by atoms with van der Waals surface area (Å²) in [5.74, 6) is 0. The lowest BCUT2D eigenvalue weighted by Gasteiger charge is -2.27. The Balaban J connectivity index is 0.000000357. The molecule has 0 bridgehead atoms. The van der Waals surface area contributed by atoms with Crippen LogP contribution in [-0.2, 0) is 0 Å². The monoisotopic (exact) mass is 563 g/mol. The summed E-state index contributed by atoms with van der Waals surface area (Å²) in [6, 6.07) is 42.9. The Hall–Kier alpha value is -5.36. The van der Waals surface area contributed by atoms with Crippen molar-refractivity contribution in [2.45, 2.75) is 6.04 Å². The molecule has 6 aromatic rings. The van der Waals surface area contributed by atoms with Crippen molar-refractivity contribution in [2.24, 2.45) is 11.5 Å². The van der Waals surface area contributed by atoms with Crippen molar-refractivity contribution < 1.29 is 0 Å². The molecule has 1 atom stereocenters. The van der Waals surface area contributed by atoms with Gasteiger partial charge in [0.05, 0.1) is 17.4 Å². The normalized spacial score (nSPS) is 13.2. The molecule has 0 saturated heterocycles. The number of anilines is 3. The smallest absolute Gasteiger partial charge is 0.0704 e. The predicted octanol–water partition coefficient (Wildman–Crippen LogP) is 8.24. The zero-order valence-corrected chi connectivity index (χ0v) is 24.3. The minimum Gasteiger partial charge on any atom is -0.399 e.